The molecule has 0 bridgehead atoms. The molecule has 41 heavy (non-hydrogen) atoms. The van der Waals surface area contributed by atoms with Crippen molar-refractivity contribution >= 4 is 65.6 Å². The van der Waals surface area contributed by atoms with Gasteiger partial charge in [0.05, 0.1) is 27.8 Å². The van der Waals surface area contributed by atoms with E-state index in [0.29, 0.717) is 0 Å². The fourth-order valence-electron chi connectivity index (χ4n) is 6.41. The predicted octanol–water partition coefficient (Wildman–Crippen LogP) is 9.75. The summed E-state index contributed by atoms with van der Waals surface area (Å²) in [5.41, 5.74) is 10.2. The SMILES string of the molecule is Cc1cnc2c(n1)c(-c1ccc3oc4ccccc4c3c1)cc1cc3c4ccccc4n(-c4ccccc4)c3cc12. The topological polar surface area (TPSA) is 43.9 Å². The number of hydrogen-bond donors (Lipinski definition) is 0. The molecule has 0 N–H and O–H groups in total. The molecule has 0 atom stereocenters. The van der Waals surface area contributed by atoms with Crippen molar-refractivity contribution in [1.82, 2.24) is 14.5 Å². The molecule has 192 valence electrons. The fraction of sp³-hybridized carbons (Fsp3) is 0.0270. The lowest BCUT2D eigenvalue weighted by Gasteiger charge is -2.12. The molecule has 9 aromatic rings. The number of rotatable bonds is 2. The van der Waals surface area contributed by atoms with Crippen LogP contribution in [0, 0.1) is 6.92 Å². The van der Waals surface area contributed by atoms with Crippen LogP contribution in [0.2, 0.25) is 0 Å². The van der Waals surface area contributed by atoms with E-state index in [1.807, 2.05) is 25.3 Å². The summed E-state index contributed by atoms with van der Waals surface area (Å²) in [6.07, 6.45) is 1.87. The zero-order valence-electron chi connectivity index (χ0n) is 22.3. The van der Waals surface area contributed by atoms with Crippen LogP contribution in [0.3, 0.4) is 0 Å². The molecule has 0 spiro atoms. The van der Waals surface area contributed by atoms with E-state index in [4.69, 9.17) is 14.4 Å². The lowest BCUT2D eigenvalue weighted by atomic mass is 9.96. The van der Waals surface area contributed by atoms with E-state index in [1.165, 1.54) is 16.3 Å². The molecule has 4 nitrogen and oxygen atoms in total. The Morgan fingerprint density at radius 1 is 0.585 bits per heavy atom. The standard InChI is InChI=1S/C37H23N3O/c1-22-21-38-36-29-20-33-30(26-11-5-7-13-32(26)40(33)25-9-3-2-4-10-25)19-24(29)18-28(37(36)39-22)23-15-16-35-31(17-23)27-12-6-8-14-34(27)41-35/h2-21H,1H3. The van der Waals surface area contributed by atoms with Crippen LogP contribution in [0.1, 0.15) is 5.69 Å². The maximum atomic E-state index is 6.12. The Kier molecular flexibility index (Phi) is 4.50. The molecule has 0 radical (unpaired) electrons. The zero-order chi connectivity index (χ0) is 27.1. The van der Waals surface area contributed by atoms with Crippen LogP contribution in [0.15, 0.2) is 126 Å². The van der Waals surface area contributed by atoms with E-state index in [1.54, 1.807) is 0 Å². The van der Waals surface area contributed by atoms with E-state index in [2.05, 4.69) is 108 Å². The van der Waals surface area contributed by atoms with Gasteiger partial charge in [-0.25, -0.2) is 4.98 Å². The summed E-state index contributed by atoms with van der Waals surface area (Å²) in [7, 11) is 0. The monoisotopic (exact) mass is 525 g/mol. The van der Waals surface area contributed by atoms with Crippen molar-refractivity contribution in [3.05, 3.63) is 127 Å². The summed E-state index contributed by atoms with van der Waals surface area (Å²) >= 11 is 0. The lowest BCUT2D eigenvalue weighted by molar-refractivity contribution is 0.669. The summed E-state index contributed by atoms with van der Waals surface area (Å²) in [4.78, 5) is 10.0. The first-order chi connectivity index (χ1) is 20.2. The predicted molar refractivity (Wildman–Crippen MR) is 169 cm³/mol. The maximum absolute atomic E-state index is 6.12. The van der Waals surface area contributed by atoms with Crippen LogP contribution in [0.25, 0.3) is 82.4 Å². The second-order valence-electron chi connectivity index (χ2n) is 10.7. The molecule has 0 saturated heterocycles. The molecule has 0 amide bonds. The van der Waals surface area contributed by atoms with Gasteiger partial charge < -0.3 is 8.98 Å². The van der Waals surface area contributed by atoms with Gasteiger partial charge in [-0.05, 0) is 72.5 Å². The van der Waals surface area contributed by atoms with Gasteiger partial charge in [-0.3, -0.25) is 4.98 Å². The summed E-state index contributed by atoms with van der Waals surface area (Å²) < 4.78 is 8.47. The van der Waals surface area contributed by atoms with Gasteiger partial charge >= 0.3 is 0 Å². The lowest BCUT2D eigenvalue weighted by Crippen LogP contribution is -1.95. The highest BCUT2D eigenvalue weighted by Crippen LogP contribution is 2.40. The van der Waals surface area contributed by atoms with Gasteiger partial charge in [0.1, 0.15) is 11.2 Å². The second kappa shape index (κ2) is 8.26. The second-order valence-corrected chi connectivity index (χ2v) is 10.7. The largest absolute Gasteiger partial charge is 0.456 e. The van der Waals surface area contributed by atoms with E-state index in [0.717, 1.165) is 71.8 Å². The number of fused-ring (bicyclic) bond motifs is 9. The molecule has 9 rings (SSSR count). The number of hydrogen-bond acceptors (Lipinski definition) is 3. The summed E-state index contributed by atoms with van der Waals surface area (Å²) in [6, 6.07) is 40.7. The third-order valence-electron chi connectivity index (χ3n) is 8.25. The quantitative estimate of drug-likeness (QED) is 0.211. The van der Waals surface area contributed by atoms with Gasteiger partial charge in [0.15, 0.2) is 0 Å². The summed E-state index contributed by atoms with van der Waals surface area (Å²) in [5, 5.41) is 6.92. The molecule has 3 aromatic heterocycles. The van der Waals surface area contributed by atoms with Crippen LogP contribution in [-0.4, -0.2) is 14.5 Å². The van der Waals surface area contributed by atoms with Crippen molar-refractivity contribution in [2.45, 2.75) is 6.92 Å². The Morgan fingerprint density at radius 2 is 1.37 bits per heavy atom. The van der Waals surface area contributed by atoms with Crippen LogP contribution in [0.4, 0.5) is 0 Å². The average molecular weight is 526 g/mol. The molecule has 0 aliphatic heterocycles. The third kappa shape index (κ3) is 3.22. The van der Waals surface area contributed by atoms with Gasteiger partial charge in [-0.15, -0.1) is 0 Å². The molecule has 0 saturated carbocycles. The van der Waals surface area contributed by atoms with E-state index in [9.17, 15) is 0 Å². The Bertz CT molecular complexity index is 2490. The number of furan rings is 1. The Hall–Kier alpha value is -5.48. The molecule has 6 aromatic carbocycles. The van der Waals surface area contributed by atoms with Crippen LogP contribution >= 0.6 is 0 Å². The highest BCUT2D eigenvalue weighted by atomic mass is 16.3. The van der Waals surface area contributed by atoms with Crippen molar-refractivity contribution in [2.75, 3.05) is 0 Å². The Balaban J connectivity index is 1.40. The number of benzene rings is 6. The maximum Gasteiger partial charge on any atom is 0.135 e. The van der Waals surface area contributed by atoms with Crippen LogP contribution in [-0.2, 0) is 0 Å². The number of aromatic nitrogens is 3. The highest BCUT2D eigenvalue weighted by molar-refractivity contribution is 6.19. The first-order valence-electron chi connectivity index (χ1n) is 13.8. The minimum atomic E-state index is 0.887. The van der Waals surface area contributed by atoms with Gasteiger partial charge in [-0.2, -0.15) is 0 Å². The van der Waals surface area contributed by atoms with Gasteiger partial charge in [0.2, 0.25) is 0 Å². The third-order valence-corrected chi connectivity index (χ3v) is 8.25. The van der Waals surface area contributed by atoms with Crippen LogP contribution in [0.5, 0.6) is 0 Å². The summed E-state index contributed by atoms with van der Waals surface area (Å²) in [6.45, 7) is 2.00. The zero-order valence-corrected chi connectivity index (χ0v) is 22.3. The van der Waals surface area contributed by atoms with E-state index in [-0.39, 0.29) is 0 Å². The Labute approximate surface area is 235 Å². The molecule has 0 unspecified atom stereocenters. The normalized spacial score (nSPS) is 12.0. The van der Waals surface area contributed by atoms with Crippen molar-refractivity contribution in [2.24, 2.45) is 0 Å². The van der Waals surface area contributed by atoms with Gasteiger partial charge in [0.25, 0.3) is 0 Å². The molecule has 4 heteroatoms. The molecule has 0 aliphatic rings. The van der Waals surface area contributed by atoms with Gasteiger partial charge in [-0.1, -0.05) is 60.7 Å². The molecule has 3 heterocycles. The van der Waals surface area contributed by atoms with Crippen molar-refractivity contribution in [3.8, 4) is 16.8 Å². The minimum Gasteiger partial charge on any atom is -0.456 e. The number of nitrogens with zero attached hydrogens (tertiary/aromatic N) is 3. The van der Waals surface area contributed by atoms with Crippen molar-refractivity contribution < 1.29 is 4.42 Å². The fourth-order valence-corrected chi connectivity index (χ4v) is 6.41. The van der Waals surface area contributed by atoms with Gasteiger partial charge in [0, 0.05) is 44.4 Å². The van der Waals surface area contributed by atoms with E-state index >= 15 is 0 Å². The first kappa shape index (κ1) is 22.3. The molecule has 0 fully saturated rings. The number of para-hydroxylation sites is 3. The molecule has 0 aliphatic carbocycles. The smallest absolute Gasteiger partial charge is 0.135 e. The van der Waals surface area contributed by atoms with E-state index < -0.39 is 0 Å². The van der Waals surface area contributed by atoms with Crippen LogP contribution < -0.4 is 0 Å². The highest BCUT2D eigenvalue weighted by Gasteiger charge is 2.18. The van der Waals surface area contributed by atoms with Crippen molar-refractivity contribution in [3.63, 3.8) is 0 Å². The first-order valence-corrected chi connectivity index (χ1v) is 13.8. The molecular formula is C37H23N3O. The van der Waals surface area contributed by atoms with Crippen molar-refractivity contribution in [1.29, 1.82) is 0 Å². The Morgan fingerprint density at radius 3 is 2.27 bits per heavy atom. The number of aryl methyl sites for hydroxylation is 1. The average Bonchev–Trinajstić information content (AvgIpc) is 3.55. The minimum absolute atomic E-state index is 0.887. The molecular weight excluding hydrogens is 502 g/mol. The summed E-state index contributed by atoms with van der Waals surface area (Å²) in [5.74, 6) is 0.